The summed E-state index contributed by atoms with van der Waals surface area (Å²) in [4.78, 5) is 29.2. The largest absolute Gasteiger partial charge is 0.372 e. The lowest BCUT2D eigenvalue weighted by Crippen LogP contribution is -3.28. The van der Waals surface area contributed by atoms with Gasteiger partial charge in [-0.3, -0.25) is 9.59 Å². The lowest BCUT2D eigenvalue weighted by molar-refractivity contribution is -1.00. The number of piperazine rings is 1. The van der Waals surface area contributed by atoms with Gasteiger partial charge in [-0.2, -0.15) is 0 Å². The fourth-order valence-corrected chi connectivity index (χ4v) is 4.02. The van der Waals surface area contributed by atoms with Crippen LogP contribution in [0.1, 0.15) is 13.8 Å². The number of quaternary nitrogens is 2. The molecule has 1 aromatic rings. The molecule has 2 fully saturated rings. The van der Waals surface area contributed by atoms with Crippen molar-refractivity contribution in [1.82, 2.24) is 4.90 Å². The van der Waals surface area contributed by atoms with Gasteiger partial charge in [0.2, 0.25) is 0 Å². The number of carbonyl (C=O) groups excluding carboxylic acids is 2. The third-order valence-electron chi connectivity index (χ3n) is 5.36. The van der Waals surface area contributed by atoms with E-state index in [9.17, 15) is 14.0 Å². The Morgan fingerprint density at radius 2 is 1.71 bits per heavy atom. The number of ether oxygens (including phenoxy) is 1. The van der Waals surface area contributed by atoms with Gasteiger partial charge in [0.15, 0.2) is 13.1 Å². The molecule has 2 saturated heterocycles. The molecule has 2 aliphatic rings. The molecular formula is C20H31FN4O3+2. The minimum absolute atomic E-state index is 0.0839. The first-order chi connectivity index (χ1) is 13.4. The van der Waals surface area contributed by atoms with Crippen LogP contribution in [0.5, 0.6) is 0 Å². The van der Waals surface area contributed by atoms with Gasteiger partial charge in [0.25, 0.3) is 11.8 Å². The first kappa shape index (κ1) is 20.7. The van der Waals surface area contributed by atoms with Crippen molar-refractivity contribution < 1.29 is 28.5 Å². The molecule has 154 valence electrons. The second-order valence-corrected chi connectivity index (χ2v) is 7.97. The van der Waals surface area contributed by atoms with Gasteiger partial charge in [0.1, 0.15) is 32.0 Å². The average Bonchev–Trinajstić information content (AvgIpc) is 2.62. The monoisotopic (exact) mass is 394 g/mol. The summed E-state index contributed by atoms with van der Waals surface area (Å²) in [7, 11) is 0. The van der Waals surface area contributed by atoms with E-state index >= 15 is 0 Å². The number of hydrogen-bond acceptors (Lipinski definition) is 3. The highest BCUT2D eigenvalue weighted by Gasteiger charge is 2.31. The van der Waals surface area contributed by atoms with Crippen molar-refractivity contribution in [2.45, 2.75) is 26.1 Å². The third kappa shape index (κ3) is 5.98. The summed E-state index contributed by atoms with van der Waals surface area (Å²) < 4.78 is 18.9. The Balaban J connectivity index is 1.39. The maximum atomic E-state index is 13.2. The Morgan fingerprint density at radius 1 is 1.11 bits per heavy atom. The van der Waals surface area contributed by atoms with Gasteiger partial charge in [-0.1, -0.05) is 6.07 Å². The number of amides is 2. The smallest absolute Gasteiger partial charge is 0.279 e. The van der Waals surface area contributed by atoms with Gasteiger partial charge in [0.05, 0.1) is 12.2 Å². The third-order valence-corrected chi connectivity index (χ3v) is 5.36. The van der Waals surface area contributed by atoms with Crippen molar-refractivity contribution in [1.29, 1.82) is 0 Å². The Morgan fingerprint density at radius 3 is 2.32 bits per heavy atom. The first-order valence-electron chi connectivity index (χ1n) is 10.0. The van der Waals surface area contributed by atoms with Crippen LogP contribution in [-0.2, 0) is 14.3 Å². The molecule has 3 N–H and O–H groups in total. The number of nitrogens with one attached hydrogen (secondary N) is 3. The Hall–Kier alpha value is -2.03. The minimum atomic E-state index is -0.365. The van der Waals surface area contributed by atoms with E-state index in [-0.39, 0.29) is 29.8 Å². The van der Waals surface area contributed by atoms with Gasteiger partial charge >= 0.3 is 0 Å². The molecule has 8 heteroatoms. The summed E-state index contributed by atoms with van der Waals surface area (Å²) in [6.07, 6.45) is 0.168. The fraction of sp³-hybridized carbons (Fsp3) is 0.600. The molecule has 2 heterocycles. The quantitative estimate of drug-likeness (QED) is 0.551. The highest BCUT2D eigenvalue weighted by Crippen LogP contribution is 2.10. The Bertz CT molecular complexity index is 684. The second kappa shape index (κ2) is 9.45. The Labute approximate surface area is 165 Å². The zero-order chi connectivity index (χ0) is 20.1. The van der Waals surface area contributed by atoms with Crippen LogP contribution in [0.4, 0.5) is 10.1 Å². The van der Waals surface area contributed by atoms with E-state index in [1.54, 1.807) is 12.1 Å². The molecule has 0 bridgehead atoms. The van der Waals surface area contributed by atoms with Crippen LogP contribution in [0.25, 0.3) is 0 Å². The molecule has 0 aliphatic carbocycles. The fourth-order valence-electron chi connectivity index (χ4n) is 4.02. The van der Waals surface area contributed by atoms with Crippen molar-refractivity contribution in [3.05, 3.63) is 30.1 Å². The number of carbonyl (C=O) groups is 2. The SMILES string of the molecule is C[C@@H]1CN(C(=O)C[NH+]2CC[NH+](CC(=O)Nc3cccc(F)c3)CC2)C[C@H](C)O1. The molecule has 28 heavy (non-hydrogen) atoms. The maximum Gasteiger partial charge on any atom is 0.279 e. The van der Waals surface area contributed by atoms with Crippen molar-refractivity contribution >= 4 is 17.5 Å². The minimum Gasteiger partial charge on any atom is -0.372 e. The average molecular weight is 394 g/mol. The van der Waals surface area contributed by atoms with Gasteiger partial charge in [0, 0.05) is 18.8 Å². The molecule has 7 nitrogen and oxygen atoms in total. The van der Waals surface area contributed by atoms with Crippen LogP contribution in [0.2, 0.25) is 0 Å². The molecule has 3 rings (SSSR count). The van der Waals surface area contributed by atoms with E-state index in [1.807, 2.05) is 18.7 Å². The Kier molecular flexibility index (Phi) is 6.98. The van der Waals surface area contributed by atoms with E-state index in [2.05, 4.69) is 5.32 Å². The predicted octanol–water partition coefficient (Wildman–Crippen LogP) is -1.82. The van der Waals surface area contributed by atoms with Crippen LogP contribution < -0.4 is 15.1 Å². The maximum absolute atomic E-state index is 13.2. The van der Waals surface area contributed by atoms with E-state index < -0.39 is 0 Å². The molecule has 0 unspecified atom stereocenters. The number of hydrogen-bond donors (Lipinski definition) is 3. The molecule has 2 amide bonds. The highest BCUT2D eigenvalue weighted by molar-refractivity contribution is 5.91. The van der Waals surface area contributed by atoms with Gasteiger partial charge in [-0.05, 0) is 32.0 Å². The zero-order valence-corrected chi connectivity index (χ0v) is 16.7. The van der Waals surface area contributed by atoms with E-state index in [0.717, 1.165) is 26.2 Å². The van der Waals surface area contributed by atoms with Gasteiger partial charge < -0.3 is 24.8 Å². The van der Waals surface area contributed by atoms with E-state index in [1.165, 1.54) is 21.9 Å². The number of benzene rings is 1. The molecule has 1 aromatic carbocycles. The number of anilines is 1. The normalized spacial score (nSPS) is 28.0. The van der Waals surface area contributed by atoms with Crippen LogP contribution in [-0.4, -0.2) is 81.3 Å². The molecule has 0 aromatic heterocycles. The summed E-state index contributed by atoms with van der Waals surface area (Å²) in [5.41, 5.74) is 0.480. The molecule has 0 radical (unpaired) electrons. The zero-order valence-electron chi connectivity index (χ0n) is 16.7. The van der Waals surface area contributed by atoms with Gasteiger partial charge in [-0.25, -0.2) is 4.39 Å². The first-order valence-corrected chi connectivity index (χ1v) is 10.0. The summed E-state index contributed by atoms with van der Waals surface area (Å²) in [5, 5.41) is 2.75. The summed E-state index contributed by atoms with van der Waals surface area (Å²) in [6, 6.07) is 5.92. The molecule has 0 saturated carbocycles. The van der Waals surface area contributed by atoms with Crippen molar-refractivity contribution in [2.24, 2.45) is 0 Å². The predicted molar refractivity (Wildman–Crippen MR) is 103 cm³/mol. The van der Waals surface area contributed by atoms with Crippen molar-refractivity contribution in [2.75, 3.05) is 57.7 Å². The number of nitrogens with zero attached hydrogens (tertiary/aromatic N) is 1. The van der Waals surface area contributed by atoms with Crippen molar-refractivity contribution in [3.63, 3.8) is 0 Å². The number of morpholine rings is 1. The van der Waals surface area contributed by atoms with Crippen LogP contribution in [0.15, 0.2) is 24.3 Å². The highest BCUT2D eigenvalue weighted by atomic mass is 19.1. The molecule has 2 aliphatic heterocycles. The molecular weight excluding hydrogens is 363 g/mol. The lowest BCUT2D eigenvalue weighted by atomic mass is 10.2. The second-order valence-electron chi connectivity index (χ2n) is 7.97. The van der Waals surface area contributed by atoms with E-state index in [4.69, 9.17) is 4.74 Å². The lowest BCUT2D eigenvalue weighted by Gasteiger charge is -2.36. The van der Waals surface area contributed by atoms with Gasteiger partial charge in [-0.15, -0.1) is 0 Å². The molecule has 0 spiro atoms. The molecule has 2 atom stereocenters. The van der Waals surface area contributed by atoms with Crippen LogP contribution in [0.3, 0.4) is 0 Å². The summed E-state index contributed by atoms with van der Waals surface area (Å²) in [5.74, 6) is -0.295. The van der Waals surface area contributed by atoms with E-state index in [0.29, 0.717) is 31.9 Å². The van der Waals surface area contributed by atoms with Crippen molar-refractivity contribution in [3.8, 4) is 0 Å². The van der Waals surface area contributed by atoms with Crippen LogP contribution in [0, 0.1) is 5.82 Å². The summed E-state index contributed by atoms with van der Waals surface area (Å²) in [6.45, 7) is 9.60. The standard InChI is InChI=1S/C20H29FN4O3/c1-15-11-25(12-16(2)28-15)20(27)14-24-8-6-23(7-9-24)13-19(26)22-18-5-3-4-17(21)10-18/h3-5,10,15-16H,6-9,11-14H2,1-2H3,(H,22,26)/p+2/t15-,16+. The number of rotatable bonds is 5. The summed E-state index contributed by atoms with van der Waals surface area (Å²) >= 11 is 0. The number of halogens is 1. The topological polar surface area (TPSA) is 67.5 Å². The van der Waals surface area contributed by atoms with Crippen LogP contribution >= 0.6 is 0 Å².